The van der Waals surface area contributed by atoms with Crippen molar-refractivity contribution in [1.82, 2.24) is 5.01 Å². The van der Waals surface area contributed by atoms with E-state index in [0.29, 0.717) is 5.56 Å². The average Bonchev–Trinajstić information content (AvgIpc) is 2.62. The van der Waals surface area contributed by atoms with Gasteiger partial charge in [-0.2, -0.15) is 13.4 Å². The van der Waals surface area contributed by atoms with Gasteiger partial charge in [-0.3, -0.25) is 4.55 Å². The molecule has 1 aliphatic heterocycles. The molecule has 0 saturated heterocycles. The third-order valence-corrected chi connectivity index (χ3v) is 5.86. The minimum Gasteiger partial charge on any atom is -0.447 e. The molecule has 30 heavy (non-hydrogen) atoms. The van der Waals surface area contributed by atoms with Crippen LogP contribution in [0.1, 0.15) is 5.56 Å². The van der Waals surface area contributed by atoms with E-state index < -0.39 is 21.4 Å². The quantitative estimate of drug-likeness (QED) is 0.140. The van der Waals surface area contributed by atoms with Crippen LogP contribution in [0.2, 0.25) is 15.1 Å². The third kappa shape index (κ3) is 5.52. The molecule has 0 aliphatic carbocycles. The number of aliphatic imine (C=N–C) groups is 2. The zero-order valence-electron chi connectivity index (χ0n) is 15.1. The van der Waals surface area contributed by atoms with Crippen molar-refractivity contribution in [2.45, 2.75) is 11.2 Å². The van der Waals surface area contributed by atoms with Crippen molar-refractivity contribution in [3.05, 3.63) is 51.0 Å². The molecule has 1 unspecified atom stereocenters. The van der Waals surface area contributed by atoms with Gasteiger partial charge in [0.2, 0.25) is 5.29 Å². The standard InChI is InChI=1S/C15H11Cl4N5O4S.Na/c16-7-4-9(18)11(5-8(7)17)28-15-23-13(22-14(19)24(15)21)6-1-2-12(10(20)3-6)29(25,26)27;/h1-5,15H,20-21H2,(H,25,26,27);. The molecule has 0 saturated carbocycles. The molecule has 5 N–H and O–H groups in total. The summed E-state index contributed by atoms with van der Waals surface area (Å²) in [7, 11) is -4.48. The Hall–Kier alpha value is -0.790. The van der Waals surface area contributed by atoms with Gasteiger partial charge in [-0.25, -0.2) is 15.8 Å². The first-order valence-electron chi connectivity index (χ1n) is 7.52. The molecule has 0 amide bonds. The first-order valence-corrected chi connectivity index (χ1v) is 10.5. The molecule has 0 fully saturated rings. The van der Waals surface area contributed by atoms with Crippen molar-refractivity contribution in [3.8, 4) is 5.75 Å². The first-order chi connectivity index (χ1) is 13.5. The predicted molar refractivity (Wildman–Crippen MR) is 118 cm³/mol. The van der Waals surface area contributed by atoms with Gasteiger partial charge in [0.15, 0.2) is 5.84 Å². The van der Waals surface area contributed by atoms with Crippen molar-refractivity contribution in [3.63, 3.8) is 0 Å². The molecule has 0 spiro atoms. The second-order valence-electron chi connectivity index (χ2n) is 5.61. The van der Waals surface area contributed by atoms with Gasteiger partial charge in [0.1, 0.15) is 10.6 Å². The molecule has 1 atom stereocenters. The van der Waals surface area contributed by atoms with Gasteiger partial charge in [0.25, 0.3) is 16.5 Å². The Morgan fingerprint density at radius 3 is 2.30 bits per heavy atom. The Bertz CT molecular complexity index is 1160. The maximum Gasteiger partial charge on any atom is 0.296 e. The zero-order chi connectivity index (χ0) is 21.5. The molecular weight excluding hydrogens is 511 g/mol. The fourth-order valence-electron chi connectivity index (χ4n) is 2.28. The summed E-state index contributed by atoms with van der Waals surface area (Å²) in [4.78, 5) is 7.79. The first kappa shape index (κ1) is 25.5. The van der Waals surface area contributed by atoms with Crippen LogP contribution in [0.15, 0.2) is 45.2 Å². The van der Waals surface area contributed by atoms with Crippen molar-refractivity contribution in [1.29, 1.82) is 0 Å². The normalized spacial score (nSPS) is 16.5. The average molecular weight is 522 g/mol. The number of hydrazine groups is 1. The van der Waals surface area contributed by atoms with E-state index in [-0.39, 0.29) is 67.2 Å². The van der Waals surface area contributed by atoms with E-state index in [1.807, 2.05) is 0 Å². The molecule has 9 nitrogen and oxygen atoms in total. The molecule has 2 aromatic carbocycles. The van der Waals surface area contributed by atoms with Crippen LogP contribution in [0.5, 0.6) is 5.75 Å². The van der Waals surface area contributed by atoms with E-state index in [2.05, 4.69) is 9.98 Å². The summed E-state index contributed by atoms with van der Waals surface area (Å²) in [5.74, 6) is 6.02. The van der Waals surface area contributed by atoms with Crippen LogP contribution in [-0.4, -0.2) is 65.0 Å². The number of hydrogen-bond donors (Lipinski definition) is 3. The number of hydrogen-bond acceptors (Lipinski definition) is 8. The number of benzene rings is 2. The monoisotopic (exact) mass is 520 g/mol. The van der Waals surface area contributed by atoms with Gasteiger partial charge in [-0.1, -0.05) is 34.8 Å². The fourth-order valence-corrected chi connectivity index (χ4v) is 3.63. The molecular formula is C15H11Cl4N5NaO4S. The van der Waals surface area contributed by atoms with E-state index in [9.17, 15) is 8.42 Å². The van der Waals surface area contributed by atoms with Gasteiger partial charge in [-0.15, -0.1) is 0 Å². The minimum atomic E-state index is -4.48. The Balaban J connectivity index is 0.00000320. The van der Waals surface area contributed by atoms with Crippen LogP contribution in [0.3, 0.4) is 0 Å². The van der Waals surface area contributed by atoms with Crippen LogP contribution in [0, 0.1) is 0 Å². The summed E-state index contributed by atoms with van der Waals surface area (Å²) < 4.78 is 37.4. The molecule has 2 aromatic rings. The van der Waals surface area contributed by atoms with E-state index in [0.717, 1.165) is 11.1 Å². The fraction of sp³-hybridized carbons (Fsp3) is 0.0667. The molecule has 0 aromatic heterocycles. The van der Waals surface area contributed by atoms with Crippen LogP contribution >= 0.6 is 46.4 Å². The van der Waals surface area contributed by atoms with Gasteiger partial charge in [0, 0.05) is 41.2 Å². The summed E-state index contributed by atoms with van der Waals surface area (Å²) in [6.45, 7) is 0. The van der Waals surface area contributed by atoms with Crippen molar-refractivity contribution in [2.75, 3.05) is 5.73 Å². The third-order valence-electron chi connectivity index (χ3n) is 3.63. The number of amidine groups is 2. The van der Waals surface area contributed by atoms with E-state index >= 15 is 0 Å². The minimum absolute atomic E-state index is 0. The van der Waals surface area contributed by atoms with E-state index in [4.69, 9.17) is 67.3 Å². The Labute approximate surface area is 213 Å². The second kappa shape index (κ2) is 9.78. The van der Waals surface area contributed by atoms with Crippen molar-refractivity contribution < 1.29 is 17.7 Å². The largest absolute Gasteiger partial charge is 0.447 e. The van der Waals surface area contributed by atoms with Crippen LogP contribution < -0.4 is 16.3 Å². The topological polar surface area (TPSA) is 144 Å². The SMILES string of the molecule is Nc1cc(C2=NC(Oc3cc(Cl)c(Cl)cc3Cl)N(N)C(Cl)=N2)ccc1S(=O)(=O)O.[Na]. The van der Waals surface area contributed by atoms with Crippen molar-refractivity contribution >= 4 is 103 Å². The number of nitrogens with two attached hydrogens (primary N) is 2. The molecule has 155 valence electrons. The molecule has 0 bridgehead atoms. The summed E-state index contributed by atoms with van der Waals surface area (Å²) in [6, 6.07) is 6.46. The Morgan fingerprint density at radius 2 is 1.70 bits per heavy atom. The van der Waals surface area contributed by atoms with Gasteiger partial charge in [-0.05, 0) is 35.9 Å². The van der Waals surface area contributed by atoms with E-state index in [1.165, 1.54) is 24.3 Å². The van der Waals surface area contributed by atoms with Gasteiger partial charge >= 0.3 is 0 Å². The molecule has 1 radical (unpaired) electrons. The van der Waals surface area contributed by atoms with Crippen molar-refractivity contribution in [2.24, 2.45) is 15.8 Å². The summed E-state index contributed by atoms with van der Waals surface area (Å²) in [5.41, 5.74) is 5.79. The second-order valence-corrected chi connectivity index (χ2v) is 8.56. The van der Waals surface area contributed by atoms with Crippen LogP contribution in [0.4, 0.5) is 5.69 Å². The number of halogens is 4. The Morgan fingerprint density at radius 1 is 1.07 bits per heavy atom. The summed E-state index contributed by atoms with van der Waals surface area (Å²) >= 11 is 24.0. The van der Waals surface area contributed by atoms with E-state index in [1.54, 1.807) is 0 Å². The number of ether oxygens (including phenoxy) is 1. The van der Waals surface area contributed by atoms with Gasteiger partial charge < -0.3 is 10.5 Å². The Kier molecular flexibility index (Phi) is 8.30. The number of rotatable bonds is 4. The number of nitrogens with zero attached hydrogens (tertiary/aromatic N) is 3. The molecule has 3 rings (SSSR count). The van der Waals surface area contributed by atoms with Gasteiger partial charge in [0.05, 0.1) is 20.8 Å². The molecule has 15 heteroatoms. The molecule has 1 heterocycles. The predicted octanol–water partition coefficient (Wildman–Crippen LogP) is 2.99. The van der Waals surface area contributed by atoms with Crippen LogP contribution in [-0.2, 0) is 10.1 Å². The smallest absolute Gasteiger partial charge is 0.296 e. The summed E-state index contributed by atoms with van der Waals surface area (Å²) in [5, 5.41) is 1.34. The number of nitrogen functional groups attached to an aromatic ring is 1. The van der Waals surface area contributed by atoms with Crippen LogP contribution in [0.25, 0.3) is 0 Å². The summed E-state index contributed by atoms with van der Waals surface area (Å²) in [6.07, 6.45) is -1.19. The maximum atomic E-state index is 11.3. The maximum absolute atomic E-state index is 11.3. The number of anilines is 1. The zero-order valence-corrected chi connectivity index (χ0v) is 20.9. The molecule has 1 aliphatic rings.